The van der Waals surface area contributed by atoms with E-state index >= 15 is 0 Å². The Bertz CT molecular complexity index is 2330. The van der Waals surface area contributed by atoms with Crippen LogP contribution in [0.25, 0.3) is 33.3 Å². The van der Waals surface area contributed by atoms with Crippen LogP contribution in [0.5, 0.6) is 0 Å². The summed E-state index contributed by atoms with van der Waals surface area (Å²) in [6, 6.07) is 16.5. The number of benzene rings is 2. The van der Waals surface area contributed by atoms with Crippen LogP contribution >= 0.6 is 0 Å². The van der Waals surface area contributed by atoms with Crippen molar-refractivity contribution >= 4 is 10.9 Å². The van der Waals surface area contributed by atoms with Crippen molar-refractivity contribution in [1.82, 2.24) is 29.6 Å². The van der Waals surface area contributed by atoms with Gasteiger partial charge in [-0.25, -0.2) is 0 Å². The van der Waals surface area contributed by atoms with E-state index in [2.05, 4.69) is 196 Å². The van der Waals surface area contributed by atoms with Crippen molar-refractivity contribution in [1.29, 1.82) is 0 Å². The molecule has 2 heterocycles. The molecule has 2 aromatic carbocycles. The highest BCUT2D eigenvalue weighted by molar-refractivity contribution is 5.95. The predicted octanol–water partition coefficient (Wildman–Crippen LogP) is 12.3. The van der Waals surface area contributed by atoms with Crippen LogP contribution < -0.4 is 11.1 Å². The average molecular weight is 880 g/mol. The van der Waals surface area contributed by atoms with E-state index < -0.39 is 0 Å². The summed E-state index contributed by atoms with van der Waals surface area (Å²) in [7, 11) is 8.33. The number of nitrogens with one attached hydrogen (secondary N) is 1. The zero-order valence-electron chi connectivity index (χ0n) is 42.9. The summed E-state index contributed by atoms with van der Waals surface area (Å²) in [6.07, 6.45) is 10.6. The van der Waals surface area contributed by atoms with Gasteiger partial charge in [-0.3, -0.25) is 9.88 Å². The van der Waals surface area contributed by atoms with Crippen LogP contribution in [-0.4, -0.2) is 84.2 Å². The van der Waals surface area contributed by atoms with E-state index in [1.54, 1.807) is 0 Å². The number of pyridine rings is 1. The number of unbranched alkanes of at least 4 members (excludes halogenated alkanes) is 1. The summed E-state index contributed by atoms with van der Waals surface area (Å²) in [5.74, 6) is 7.44. The number of nitrogens with zero attached hydrogens (tertiary/aromatic N) is 5. The minimum atomic E-state index is -0.0622. The first kappa shape index (κ1) is 52.6. The van der Waals surface area contributed by atoms with Crippen LogP contribution in [-0.2, 0) is 19.4 Å². The molecule has 0 aliphatic heterocycles. The Morgan fingerprint density at radius 3 is 2.32 bits per heavy atom. The van der Waals surface area contributed by atoms with Gasteiger partial charge in [0, 0.05) is 66.8 Å². The highest BCUT2D eigenvalue weighted by atomic mass is 15.2. The second-order valence-electron chi connectivity index (χ2n) is 20.2. The number of hydrogen-bond acceptors (Lipinski definition) is 6. The summed E-state index contributed by atoms with van der Waals surface area (Å²) in [4.78, 5) is 11.7. The van der Waals surface area contributed by atoms with Crippen LogP contribution in [0.2, 0.25) is 0 Å². The van der Waals surface area contributed by atoms with Gasteiger partial charge in [-0.05, 0) is 150 Å². The van der Waals surface area contributed by atoms with E-state index in [0.717, 1.165) is 80.7 Å². The number of aryl methyl sites for hydroxylation is 2. The largest absolute Gasteiger partial charge is 0.379 e. The molecule has 3 atom stereocenters. The van der Waals surface area contributed by atoms with Gasteiger partial charge < -0.3 is 25.4 Å². The highest BCUT2D eigenvalue weighted by Crippen LogP contribution is 2.43. The molecule has 0 amide bonds. The maximum atomic E-state index is 5.89. The fourth-order valence-corrected chi connectivity index (χ4v) is 9.24. The molecule has 3 N–H and O–H groups in total. The monoisotopic (exact) mass is 880 g/mol. The van der Waals surface area contributed by atoms with Gasteiger partial charge in [-0.2, -0.15) is 0 Å². The molecule has 7 heteroatoms. The number of hydrogen-bond donors (Lipinski definition) is 2. The number of fused-ring (bicyclic) bond motifs is 1. The normalized spacial score (nSPS) is 13.0. The lowest BCUT2D eigenvalue weighted by atomic mass is 9.79. The zero-order chi connectivity index (χ0) is 48.2. The Morgan fingerprint density at radius 2 is 1.71 bits per heavy atom. The van der Waals surface area contributed by atoms with Crippen molar-refractivity contribution in [2.45, 2.75) is 132 Å². The third kappa shape index (κ3) is 14.0. The Morgan fingerprint density at radius 1 is 0.985 bits per heavy atom. The van der Waals surface area contributed by atoms with E-state index in [9.17, 15) is 0 Å². The molecule has 0 saturated heterocycles. The molecule has 2 aromatic heterocycles. The lowest BCUT2D eigenvalue weighted by Gasteiger charge is -2.36. The Kier molecular flexibility index (Phi) is 19.4. The molecule has 0 bridgehead atoms. The van der Waals surface area contributed by atoms with Gasteiger partial charge in [0.15, 0.2) is 0 Å². The summed E-state index contributed by atoms with van der Waals surface area (Å²) in [5, 5.41) is 5.18. The van der Waals surface area contributed by atoms with E-state index in [-0.39, 0.29) is 17.5 Å². The lowest BCUT2D eigenvalue weighted by molar-refractivity contribution is 0.277. The molecule has 0 aliphatic rings. The quantitative estimate of drug-likeness (QED) is 0.0393. The minimum absolute atomic E-state index is 0.0289. The molecule has 0 saturated carbocycles. The van der Waals surface area contributed by atoms with Gasteiger partial charge in [0.05, 0.1) is 30.0 Å². The highest BCUT2D eigenvalue weighted by Gasteiger charge is 2.29. The zero-order valence-corrected chi connectivity index (χ0v) is 42.9. The molecule has 0 radical (unpaired) electrons. The maximum Gasteiger partial charge on any atom is 0.0696 e. The fourth-order valence-electron chi connectivity index (χ4n) is 9.24. The van der Waals surface area contributed by atoms with E-state index in [0.29, 0.717) is 24.9 Å². The minimum Gasteiger partial charge on any atom is -0.379 e. The first-order chi connectivity index (χ1) is 30.7. The van der Waals surface area contributed by atoms with Gasteiger partial charge in [-0.1, -0.05) is 109 Å². The maximum absolute atomic E-state index is 5.89. The van der Waals surface area contributed by atoms with Gasteiger partial charge in [0.1, 0.15) is 0 Å². The standard InChI is InChI=1S/C58H85N7/c1-18-43(9)55-51(35-46(39-60-55)24-23-30-62(14)15)57-52(38-58(12,13)28-27-40(4)5)50-37-48(25-26-54(50)65(57)20-3)49-33-42(8)32-47(34-49)36-53(45(11)64(17)31-22-21-29-59)61-44(10)56(41(6)7)63(16)19-2/h19,25-26,32-35,37,39,41,43,53,56,61H,2,4,10-11,18,20-22,27-31,36,38,59H2,1,3,5-9,12-17H3. The molecule has 7 nitrogen and oxygen atoms in total. The second kappa shape index (κ2) is 23.9. The van der Waals surface area contributed by atoms with E-state index in [4.69, 9.17) is 10.7 Å². The number of likely N-dealkylation sites (N-methyl/N-ethyl adjacent to an activating group) is 2. The number of aromatic nitrogens is 2. The summed E-state index contributed by atoms with van der Waals surface area (Å²) in [6.45, 7) is 41.3. The number of allylic oxidation sites excluding steroid dienone is 1. The average Bonchev–Trinajstić information content (AvgIpc) is 3.55. The Labute approximate surface area is 396 Å². The van der Waals surface area contributed by atoms with Crippen molar-refractivity contribution in [3.63, 3.8) is 0 Å². The van der Waals surface area contributed by atoms with Crippen molar-refractivity contribution in [3.05, 3.63) is 126 Å². The van der Waals surface area contributed by atoms with Gasteiger partial charge >= 0.3 is 0 Å². The second-order valence-corrected chi connectivity index (χ2v) is 20.2. The molecule has 4 rings (SSSR count). The molecule has 0 aliphatic carbocycles. The summed E-state index contributed by atoms with van der Waals surface area (Å²) >= 11 is 0. The third-order valence-corrected chi connectivity index (χ3v) is 13.1. The molecule has 0 spiro atoms. The van der Waals surface area contributed by atoms with Crippen molar-refractivity contribution in [2.75, 3.05) is 47.8 Å². The smallest absolute Gasteiger partial charge is 0.0696 e. The van der Waals surface area contributed by atoms with Crippen molar-refractivity contribution in [2.24, 2.45) is 17.1 Å². The van der Waals surface area contributed by atoms with Crippen molar-refractivity contribution in [3.8, 4) is 34.2 Å². The predicted molar refractivity (Wildman–Crippen MR) is 283 cm³/mol. The lowest BCUT2D eigenvalue weighted by Crippen LogP contribution is -2.45. The molecular formula is C58H85N7. The first-order valence-corrected chi connectivity index (χ1v) is 24.2. The first-order valence-electron chi connectivity index (χ1n) is 24.2. The SMILES string of the molecule is C=CN(C)C(C(=C)NC(Cc1cc(C)cc(-c2ccc3c(c2)c(CC(C)(C)CCC(=C)C)c(-c2cc(C#CCN(C)C)cnc2C(C)CC)n3CC)c1)C(=C)N(C)CCCCN)C(C)C. The number of nitrogens with two attached hydrogens (primary N) is 1. The van der Waals surface area contributed by atoms with Gasteiger partial charge in [0.25, 0.3) is 0 Å². The van der Waals surface area contributed by atoms with Crippen LogP contribution in [0.15, 0.2) is 98.1 Å². The van der Waals surface area contributed by atoms with Crippen LogP contribution in [0.3, 0.4) is 0 Å². The molecular weight excluding hydrogens is 795 g/mol. The van der Waals surface area contributed by atoms with Crippen LogP contribution in [0.1, 0.15) is 121 Å². The number of rotatable bonds is 25. The molecule has 352 valence electrons. The van der Waals surface area contributed by atoms with Gasteiger partial charge in [-0.15, -0.1) is 6.58 Å². The Balaban J connectivity index is 1.94. The Hall–Kier alpha value is -5.03. The van der Waals surface area contributed by atoms with E-state index in [1.807, 2.05) is 12.4 Å². The summed E-state index contributed by atoms with van der Waals surface area (Å²) in [5.41, 5.74) is 21.3. The van der Waals surface area contributed by atoms with Crippen LogP contribution in [0, 0.1) is 30.1 Å². The van der Waals surface area contributed by atoms with E-state index in [1.165, 1.54) is 55.6 Å². The topological polar surface area (TPSA) is 65.6 Å². The molecule has 3 unspecified atom stereocenters. The van der Waals surface area contributed by atoms with Gasteiger partial charge in [0.2, 0.25) is 0 Å². The fraction of sp³-hybridized carbons (Fsp3) is 0.500. The molecule has 0 fully saturated rings. The molecule has 4 aromatic rings. The third-order valence-electron chi connectivity index (χ3n) is 13.1. The van der Waals surface area contributed by atoms with Crippen molar-refractivity contribution < 1.29 is 0 Å². The summed E-state index contributed by atoms with van der Waals surface area (Å²) < 4.78 is 2.54. The molecule has 65 heavy (non-hydrogen) atoms. The van der Waals surface area contributed by atoms with Crippen LogP contribution in [0.4, 0.5) is 0 Å².